The van der Waals surface area contributed by atoms with Gasteiger partial charge < -0.3 is 24.4 Å². The third-order valence-corrected chi connectivity index (χ3v) is 4.29. The molecule has 1 aliphatic heterocycles. The molecule has 1 aliphatic carbocycles. The van der Waals surface area contributed by atoms with Crippen LogP contribution in [0.25, 0.3) is 0 Å². The SMILES string of the molecule is C[C@@H]1OC(OC2(CC/C=C/C(=O)OC(C)(C)C)CC2)[C@H](O)CC1O. The summed E-state index contributed by atoms with van der Waals surface area (Å²) >= 11 is 0. The maximum absolute atomic E-state index is 11.6. The van der Waals surface area contributed by atoms with Crippen molar-refractivity contribution in [2.45, 2.75) is 95.6 Å². The van der Waals surface area contributed by atoms with Gasteiger partial charge in [-0.15, -0.1) is 0 Å². The fourth-order valence-electron chi connectivity index (χ4n) is 2.72. The fraction of sp³-hybridized carbons (Fsp3) is 0.833. The van der Waals surface area contributed by atoms with Crippen LogP contribution in [-0.4, -0.2) is 52.0 Å². The highest BCUT2D eigenvalue weighted by molar-refractivity contribution is 5.82. The van der Waals surface area contributed by atoms with E-state index < -0.39 is 24.1 Å². The first-order chi connectivity index (χ1) is 11.1. The number of hydrogen-bond donors (Lipinski definition) is 2. The van der Waals surface area contributed by atoms with Crippen LogP contribution in [0, 0.1) is 0 Å². The summed E-state index contributed by atoms with van der Waals surface area (Å²) in [5.74, 6) is -0.345. The predicted molar refractivity (Wildman–Crippen MR) is 88.2 cm³/mol. The molecule has 0 aromatic heterocycles. The summed E-state index contributed by atoms with van der Waals surface area (Å²) in [6, 6.07) is 0. The summed E-state index contributed by atoms with van der Waals surface area (Å²) in [5.41, 5.74) is -0.774. The second kappa shape index (κ2) is 7.52. The lowest BCUT2D eigenvalue weighted by atomic mass is 10.0. The molecule has 24 heavy (non-hydrogen) atoms. The van der Waals surface area contributed by atoms with Gasteiger partial charge >= 0.3 is 5.97 Å². The normalized spacial score (nSPS) is 32.8. The van der Waals surface area contributed by atoms with E-state index in [9.17, 15) is 15.0 Å². The third kappa shape index (κ3) is 5.84. The van der Waals surface area contributed by atoms with Crippen molar-refractivity contribution in [1.82, 2.24) is 0 Å². The van der Waals surface area contributed by atoms with Crippen molar-refractivity contribution in [2.75, 3.05) is 0 Å². The standard InChI is InChI=1S/C18H30O6/c1-12-13(19)11-14(20)16(22-12)24-18(9-10-18)8-6-5-7-15(21)23-17(2,3)4/h5,7,12-14,16,19-20H,6,8-11H2,1-4H3/b7-5+/t12-,13?,14+,16?/m0/s1. The Balaban J connectivity index is 1.76. The van der Waals surface area contributed by atoms with Gasteiger partial charge in [0.1, 0.15) is 11.7 Å². The Morgan fingerprint density at radius 3 is 2.54 bits per heavy atom. The smallest absolute Gasteiger partial charge is 0.330 e. The number of hydrogen-bond acceptors (Lipinski definition) is 6. The van der Waals surface area contributed by atoms with Gasteiger partial charge in [0.2, 0.25) is 0 Å². The summed E-state index contributed by atoms with van der Waals surface area (Å²) in [7, 11) is 0. The highest BCUT2D eigenvalue weighted by atomic mass is 16.7. The third-order valence-electron chi connectivity index (χ3n) is 4.29. The summed E-state index contributed by atoms with van der Waals surface area (Å²) in [6.45, 7) is 7.27. The molecule has 1 heterocycles. The summed E-state index contributed by atoms with van der Waals surface area (Å²) in [6.07, 6.45) is 4.28. The van der Waals surface area contributed by atoms with Crippen LogP contribution in [0.3, 0.4) is 0 Å². The molecule has 0 radical (unpaired) electrons. The van der Waals surface area contributed by atoms with Gasteiger partial charge in [0, 0.05) is 12.5 Å². The minimum absolute atomic E-state index is 0.264. The van der Waals surface area contributed by atoms with Crippen LogP contribution >= 0.6 is 0 Å². The molecule has 0 spiro atoms. The molecule has 4 atom stereocenters. The monoisotopic (exact) mass is 342 g/mol. The largest absolute Gasteiger partial charge is 0.457 e. The van der Waals surface area contributed by atoms with Crippen molar-refractivity contribution in [3.63, 3.8) is 0 Å². The predicted octanol–water partition coefficient (Wildman–Crippen LogP) is 2.07. The first-order valence-corrected chi connectivity index (χ1v) is 8.69. The van der Waals surface area contributed by atoms with Crippen LogP contribution in [0.1, 0.15) is 59.8 Å². The second-order valence-corrected chi connectivity index (χ2v) is 7.86. The van der Waals surface area contributed by atoms with Crippen molar-refractivity contribution in [3.05, 3.63) is 12.2 Å². The molecule has 2 unspecified atom stereocenters. The Bertz CT molecular complexity index is 463. The van der Waals surface area contributed by atoms with Crippen LogP contribution < -0.4 is 0 Å². The van der Waals surface area contributed by atoms with E-state index in [4.69, 9.17) is 14.2 Å². The lowest BCUT2D eigenvalue weighted by Gasteiger charge is -2.37. The molecule has 2 rings (SSSR count). The minimum Gasteiger partial charge on any atom is -0.457 e. The first kappa shape index (κ1) is 19.4. The molecule has 0 bridgehead atoms. The van der Waals surface area contributed by atoms with E-state index >= 15 is 0 Å². The summed E-state index contributed by atoms with van der Waals surface area (Å²) in [5, 5.41) is 19.7. The molecule has 2 fully saturated rings. The van der Waals surface area contributed by atoms with Crippen LogP contribution in [0.15, 0.2) is 12.2 Å². The van der Waals surface area contributed by atoms with E-state index in [1.807, 2.05) is 20.8 Å². The van der Waals surface area contributed by atoms with Gasteiger partial charge in [0.05, 0.1) is 17.8 Å². The molecule has 1 saturated carbocycles. The van der Waals surface area contributed by atoms with E-state index in [-0.39, 0.29) is 24.1 Å². The quantitative estimate of drug-likeness (QED) is 0.568. The van der Waals surface area contributed by atoms with Gasteiger partial charge in [-0.1, -0.05) is 6.08 Å². The number of esters is 1. The molecule has 1 saturated heterocycles. The van der Waals surface area contributed by atoms with Gasteiger partial charge in [-0.2, -0.15) is 0 Å². The van der Waals surface area contributed by atoms with Crippen molar-refractivity contribution in [3.8, 4) is 0 Å². The van der Waals surface area contributed by atoms with E-state index in [2.05, 4.69) is 0 Å². The molecule has 6 nitrogen and oxygen atoms in total. The lowest BCUT2D eigenvalue weighted by molar-refractivity contribution is -0.281. The number of allylic oxidation sites excluding steroid dienone is 1. The van der Waals surface area contributed by atoms with Crippen molar-refractivity contribution >= 4 is 5.97 Å². The van der Waals surface area contributed by atoms with Crippen LogP contribution in [0.5, 0.6) is 0 Å². The molecular weight excluding hydrogens is 312 g/mol. The minimum atomic E-state index is -0.814. The number of ether oxygens (including phenoxy) is 3. The number of aliphatic hydroxyl groups excluding tert-OH is 2. The van der Waals surface area contributed by atoms with E-state index in [1.165, 1.54) is 6.08 Å². The molecular formula is C18H30O6. The zero-order valence-electron chi connectivity index (χ0n) is 15.0. The Morgan fingerprint density at radius 2 is 1.96 bits per heavy atom. The number of aliphatic hydroxyl groups is 2. The summed E-state index contributed by atoms with van der Waals surface area (Å²) < 4.78 is 16.8. The number of carbonyl (C=O) groups is 1. The van der Waals surface area contributed by atoms with Crippen molar-refractivity contribution in [2.24, 2.45) is 0 Å². The number of carbonyl (C=O) groups excluding carboxylic acids is 1. The Labute approximate surface area is 143 Å². The average molecular weight is 342 g/mol. The van der Waals surface area contributed by atoms with Gasteiger partial charge in [-0.05, 0) is 53.4 Å². The number of rotatable bonds is 6. The Morgan fingerprint density at radius 1 is 1.29 bits per heavy atom. The molecule has 2 aliphatic rings. The maximum Gasteiger partial charge on any atom is 0.330 e. The molecule has 138 valence electrons. The van der Waals surface area contributed by atoms with Crippen molar-refractivity contribution < 1.29 is 29.2 Å². The van der Waals surface area contributed by atoms with E-state index in [0.29, 0.717) is 6.42 Å². The van der Waals surface area contributed by atoms with E-state index in [1.54, 1.807) is 13.0 Å². The maximum atomic E-state index is 11.6. The average Bonchev–Trinajstić information content (AvgIpc) is 3.19. The summed E-state index contributed by atoms with van der Waals surface area (Å²) in [4.78, 5) is 11.6. The molecule has 0 aromatic rings. The zero-order valence-corrected chi connectivity index (χ0v) is 15.0. The highest BCUT2D eigenvalue weighted by Gasteiger charge is 2.48. The fourth-order valence-corrected chi connectivity index (χ4v) is 2.72. The molecule has 6 heteroatoms. The van der Waals surface area contributed by atoms with Crippen LogP contribution in [0.2, 0.25) is 0 Å². The van der Waals surface area contributed by atoms with Crippen LogP contribution in [0.4, 0.5) is 0 Å². The van der Waals surface area contributed by atoms with Gasteiger partial charge in [0.25, 0.3) is 0 Å². The molecule has 0 aromatic carbocycles. The molecule has 0 amide bonds. The second-order valence-electron chi connectivity index (χ2n) is 7.86. The lowest BCUT2D eigenvalue weighted by Crippen LogP contribution is -2.48. The zero-order chi connectivity index (χ0) is 18.0. The van der Waals surface area contributed by atoms with Crippen LogP contribution in [-0.2, 0) is 19.0 Å². The first-order valence-electron chi connectivity index (χ1n) is 8.69. The Kier molecular flexibility index (Phi) is 6.07. The molecule has 2 N–H and O–H groups in total. The van der Waals surface area contributed by atoms with Crippen molar-refractivity contribution in [1.29, 1.82) is 0 Å². The topological polar surface area (TPSA) is 85.2 Å². The van der Waals surface area contributed by atoms with E-state index in [0.717, 1.165) is 19.3 Å². The van der Waals surface area contributed by atoms with Gasteiger partial charge in [-0.3, -0.25) is 0 Å². The highest BCUT2D eigenvalue weighted by Crippen LogP contribution is 2.45. The van der Waals surface area contributed by atoms with Gasteiger partial charge in [0.15, 0.2) is 6.29 Å². The Hall–Kier alpha value is -0.950. The van der Waals surface area contributed by atoms with Gasteiger partial charge in [-0.25, -0.2) is 4.79 Å².